The summed E-state index contributed by atoms with van der Waals surface area (Å²) in [6, 6.07) is 20.3. The van der Waals surface area contributed by atoms with Gasteiger partial charge in [0, 0.05) is 16.9 Å². The van der Waals surface area contributed by atoms with Gasteiger partial charge in [-0.25, -0.2) is 4.68 Å². The highest BCUT2D eigenvalue weighted by Crippen LogP contribution is 2.30. The number of nitrogens with zero attached hydrogens (tertiary/aromatic N) is 3. The van der Waals surface area contributed by atoms with Gasteiger partial charge in [-0.15, -0.1) is 16.9 Å². The average Bonchev–Trinajstić information content (AvgIpc) is 3.01. The molecule has 0 bridgehead atoms. The van der Waals surface area contributed by atoms with E-state index >= 15 is 0 Å². The molecule has 0 aliphatic heterocycles. The molecule has 1 aromatic heterocycles. The Bertz CT molecular complexity index is 713. The summed E-state index contributed by atoms with van der Waals surface area (Å²) >= 11 is 1.63. The fourth-order valence-electron chi connectivity index (χ4n) is 2.29. The summed E-state index contributed by atoms with van der Waals surface area (Å²) in [6.07, 6.45) is 0. The molecule has 0 unspecified atom stereocenters. The Morgan fingerprint density at radius 2 is 1.55 bits per heavy atom. The summed E-state index contributed by atoms with van der Waals surface area (Å²) in [4.78, 5) is 0. The smallest absolute Gasteiger partial charge is 0.121 e. The largest absolute Gasteiger partial charge is 0.396 e. The molecular formula is C17H17N3OS. The van der Waals surface area contributed by atoms with Crippen molar-refractivity contribution in [2.24, 2.45) is 0 Å². The van der Waals surface area contributed by atoms with E-state index in [1.807, 2.05) is 53.2 Å². The van der Waals surface area contributed by atoms with E-state index in [2.05, 4.69) is 22.4 Å². The molecule has 0 atom stereocenters. The first-order valence-corrected chi connectivity index (χ1v) is 8.28. The van der Waals surface area contributed by atoms with E-state index in [4.69, 9.17) is 5.11 Å². The summed E-state index contributed by atoms with van der Waals surface area (Å²) < 4.78 is 1.90. The molecule has 1 N–H and O–H groups in total. The molecular weight excluding hydrogens is 294 g/mol. The van der Waals surface area contributed by atoms with Gasteiger partial charge >= 0.3 is 0 Å². The molecule has 2 aromatic carbocycles. The average molecular weight is 311 g/mol. The van der Waals surface area contributed by atoms with Gasteiger partial charge in [-0.1, -0.05) is 65.9 Å². The number of hydrogen-bond acceptors (Lipinski definition) is 4. The monoisotopic (exact) mass is 311 g/mol. The number of rotatable bonds is 6. The highest BCUT2D eigenvalue weighted by atomic mass is 32.2. The highest BCUT2D eigenvalue weighted by Gasteiger charge is 2.16. The summed E-state index contributed by atoms with van der Waals surface area (Å²) in [5.41, 5.74) is 4.05. The van der Waals surface area contributed by atoms with Crippen LogP contribution >= 0.6 is 11.8 Å². The third-order valence-corrected chi connectivity index (χ3v) is 4.18. The van der Waals surface area contributed by atoms with Crippen molar-refractivity contribution in [3.63, 3.8) is 0 Å². The van der Waals surface area contributed by atoms with Crippen LogP contribution in [0.3, 0.4) is 0 Å². The fourth-order valence-corrected chi connectivity index (χ4v) is 2.90. The molecule has 112 valence electrons. The van der Waals surface area contributed by atoms with Gasteiger partial charge in [-0.3, -0.25) is 0 Å². The molecule has 1 heterocycles. The van der Waals surface area contributed by atoms with Crippen LogP contribution in [0.1, 0.15) is 0 Å². The Morgan fingerprint density at radius 3 is 2.18 bits per heavy atom. The summed E-state index contributed by atoms with van der Waals surface area (Å²) in [5.74, 6) is 1.36. The minimum Gasteiger partial charge on any atom is -0.396 e. The zero-order valence-electron chi connectivity index (χ0n) is 12.1. The summed E-state index contributed by atoms with van der Waals surface area (Å²) in [5, 5.41) is 17.6. The first-order chi connectivity index (χ1) is 10.9. The van der Waals surface area contributed by atoms with Gasteiger partial charge in [0.2, 0.25) is 0 Å². The number of aliphatic hydroxyl groups excluding tert-OH is 1. The van der Waals surface area contributed by atoms with E-state index in [0.717, 1.165) is 22.5 Å². The molecule has 4 nitrogen and oxygen atoms in total. The van der Waals surface area contributed by atoms with Crippen LogP contribution < -0.4 is 0 Å². The molecule has 3 aromatic rings. The molecule has 0 saturated heterocycles. The Kier molecular flexibility index (Phi) is 4.88. The molecule has 0 saturated carbocycles. The number of hydrogen-bond donors (Lipinski definition) is 1. The molecule has 22 heavy (non-hydrogen) atoms. The van der Waals surface area contributed by atoms with Crippen LogP contribution in [-0.2, 0) is 5.88 Å². The van der Waals surface area contributed by atoms with E-state index < -0.39 is 0 Å². The SMILES string of the molecule is OCCSCn1nnc(-c2ccccc2)c1-c1ccccc1. The van der Waals surface area contributed by atoms with Crippen LogP contribution in [0.25, 0.3) is 22.5 Å². The standard InChI is InChI=1S/C17H17N3OS/c21-11-12-22-13-20-17(15-9-5-2-6-10-15)16(18-19-20)14-7-3-1-4-8-14/h1-10,21H,11-13H2. The molecule has 3 rings (SSSR count). The lowest BCUT2D eigenvalue weighted by Gasteiger charge is -2.08. The maximum atomic E-state index is 8.95. The third-order valence-electron chi connectivity index (χ3n) is 3.28. The minimum absolute atomic E-state index is 0.172. The molecule has 0 fully saturated rings. The molecule has 0 aliphatic rings. The lowest BCUT2D eigenvalue weighted by molar-refractivity contribution is 0.322. The van der Waals surface area contributed by atoms with E-state index in [-0.39, 0.29) is 6.61 Å². The van der Waals surface area contributed by atoms with Crippen molar-refractivity contribution in [2.45, 2.75) is 5.88 Å². The molecule has 0 aliphatic carbocycles. The maximum absolute atomic E-state index is 8.95. The number of aliphatic hydroxyl groups is 1. The molecule has 5 heteroatoms. The second-order valence-electron chi connectivity index (χ2n) is 4.78. The van der Waals surface area contributed by atoms with Crippen molar-refractivity contribution in [1.82, 2.24) is 15.0 Å². The van der Waals surface area contributed by atoms with Crippen LogP contribution in [0.15, 0.2) is 60.7 Å². The zero-order valence-corrected chi connectivity index (χ0v) is 12.9. The van der Waals surface area contributed by atoms with Gasteiger partial charge in [0.1, 0.15) is 5.69 Å². The summed E-state index contributed by atoms with van der Waals surface area (Å²) in [6.45, 7) is 0.172. The Hall–Kier alpha value is -2.11. The second kappa shape index (κ2) is 7.24. The predicted octanol–water partition coefficient (Wildman–Crippen LogP) is 3.30. The van der Waals surface area contributed by atoms with Crippen LogP contribution in [0.5, 0.6) is 0 Å². The van der Waals surface area contributed by atoms with Gasteiger partial charge in [-0.2, -0.15) is 0 Å². The van der Waals surface area contributed by atoms with Gasteiger partial charge in [0.15, 0.2) is 0 Å². The Morgan fingerprint density at radius 1 is 0.909 bits per heavy atom. The second-order valence-corrected chi connectivity index (χ2v) is 5.85. The van der Waals surface area contributed by atoms with E-state index in [1.54, 1.807) is 11.8 Å². The van der Waals surface area contributed by atoms with E-state index in [0.29, 0.717) is 11.6 Å². The van der Waals surface area contributed by atoms with E-state index in [1.165, 1.54) is 0 Å². The molecule has 0 radical (unpaired) electrons. The van der Waals surface area contributed by atoms with Gasteiger partial charge < -0.3 is 5.11 Å². The van der Waals surface area contributed by atoms with Crippen molar-refractivity contribution < 1.29 is 5.11 Å². The number of benzene rings is 2. The van der Waals surface area contributed by atoms with Crippen LogP contribution in [0, 0.1) is 0 Å². The summed E-state index contributed by atoms with van der Waals surface area (Å²) in [7, 11) is 0. The normalized spacial score (nSPS) is 10.8. The predicted molar refractivity (Wildman–Crippen MR) is 90.4 cm³/mol. The fraction of sp³-hybridized carbons (Fsp3) is 0.176. The van der Waals surface area contributed by atoms with Crippen molar-refractivity contribution in [3.05, 3.63) is 60.7 Å². The maximum Gasteiger partial charge on any atom is 0.121 e. The van der Waals surface area contributed by atoms with Crippen molar-refractivity contribution >= 4 is 11.8 Å². The zero-order chi connectivity index (χ0) is 15.2. The lowest BCUT2D eigenvalue weighted by atomic mass is 10.1. The highest BCUT2D eigenvalue weighted by molar-refractivity contribution is 7.98. The van der Waals surface area contributed by atoms with Crippen molar-refractivity contribution in [2.75, 3.05) is 12.4 Å². The quantitative estimate of drug-likeness (QED) is 0.710. The van der Waals surface area contributed by atoms with Gasteiger partial charge in [0.25, 0.3) is 0 Å². The third kappa shape index (κ3) is 3.21. The number of aromatic nitrogens is 3. The molecule has 0 spiro atoms. The lowest BCUT2D eigenvalue weighted by Crippen LogP contribution is -2.01. The Balaban J connectivity index is 2.04. The topological polar surface area (TPSA) is 50.9 Å². The first-order valence-electron chi connectivity index (χ1n) is 7.13. The number of thioether (sulfide) groups is 1. The van der Waals surface area contributed by atoms with Gasteiger partial charge in [-0.05, 0) is 0 Å². The van der Waals surface area contributed by atoms with E-state index in [9.17, 15) is 0 Å². The van der Waals surface area contributed by atoms with Crippen LogP contribution in [0.2, 0.25) is 0 Å². The Labute approximate surface area is 133 Å². The molecule has 0 amide bonds. The van der Waals surface area contributed by atoms with Crippen LogP contribution in [-0.4, -0.2) is 32.5 Å². The van der Waals surface area contributed by atoms with Crippen molar-refractivity contribution in [3.8, 4) is 22.5 Å². The minimum atomic E-state index is 0.172. The van der Waals surface area contributed by atoms with Crippen LogP contribution in [0.4, 0.5) is 0 Å². The first kappa shape index (κ1) is 14.8. The van der Waals surface area contributed by atoms with Gasteiger partial charge in [0.05, 0.1) is 18.2 Å². The van der Waals surface area contributed by atoms with Crippen molar-refractivity contribution in [1.29, 1.82) is 0 Å².